The summed E-state index contributed by atoms with van der Waals surface area (Å²) in [4.78, 5) is 21.8. The fourth-order valence-corrected chi connectivity index (χ4v) is 4.38. The molecule has 4 rings (SSSR count). The zero-order chi connectivity index (χ0) is 21.6. The normalized spacial score (nSPS) is 17.1. The Morgan fingerprint density at radius 3 is 2.68 bits per heavy atom. The second-order valence-electron chi connectivity index (χ2n) is 7.97. The van der Waals surface area contributed by atoms with Gasteiger partial charge < -0.3 is 9.32 Å². The molecule has 0 aliphatic carbocycles. The van der Waals surface area contributed by atoms with Crippen LogP contribution in [-0.2, 0) is 17.8 Å². The zero-order valence-electron chi connectivity index (χ0n) is 17.8. The summed E-state index contributed by atoms with van der Waals surface area (Å²) >= 11 is 6.24. The number of nitrogens with zero attached hydrogens (tertiary/aromatic N) is 3. The van der Waals surface area contributed by atoms with Gasteiger partial charge in [0, 0.05) is 50.6 Å². The molecule has 0 unspecified atom stereocenters. The fraction of sp³-hybridized carbons (Fsp3) is 0.360. The molecule has 0 saturated carbocycles. The molecule has 1 fully saturated rings. The maximum Gasteiger partial charge on any atom is 0.223 e. The number of hydrogen-bond donors (Lipinski definition) is 0. The van der Waals surface area contributed by atoms with Gasteiger partial charge in [0.25, 0.3) is 0 Å². The van der Waals surface area contributed by atoms with Crippen LogP contribution in [0.25, 0.3) is 11.3 Å². The third kappa shape index (κ3) is 5.35. The molecule has 0 radical (unpaired) electrons. The summed E-state index contributed by atoms with van der Waals surface area (Å²) in [6, 6.07) is 18.3. The summed E-state index contributed by atoms with van der Waals surface area (Å²) in [5.41, 5.74) is 2.13. The Morgan fingerprint density at radius 1 is 1.13 bits per heavy atom. The molecule has 2 heterocycles. The highest BCUT2D eigenvalue weighted by Gasteiger charge is 2.29. The van der Waals surface area contributed by atoms with Crippen LogP contribution in [0.4, 0.5) is 0 Å². The monoisotopic (exact) mass is 437 g/mol. The van der Waals surface area contributed by atoms with Crippen LogP contribution in [0.1, 0.15) is 31.2 Å². The van der Waals surface area contributed by atoms with Gasteiger partial charge in [0.05, 0.1) is 11.2 Å². The van der Waals surface area contributed by atoms with E-state index in [2.05, 4.69) is 41.1 Å². The Labute approximate surface area is 188 Å². The van der Waals surface area contributed by atoms with Crippen LogP contribution in [0.5, 0.6) is 0 Å². The maximum absolute atomic E-state index is 13.0. The van der Waals surface area contributed by atoms with E-state index in [1.54, 1.807) is 6.20 Å². The summed E-state index contributed by atoms with van der Waals surface area (Å²) in [7, 11) is 0. The van der Waals surface area contributed by atoms with E-state index in [1.165, 1.54) is 5.56 Å². The third-order valence-corrected chi connectivity index (χ3v) is 6.18. The van der Waals surface area contributed by atoms with Crippen LogP contribution < -0.4 is 0 Å². The standard InChI is InChI=1S/C25H28ClN3O2/c1-2-20-18-28(17-19-8-4-3-5-9-19)14-15-29(20)25(30)13-12-24-27-16-23(31-24)21-10-6-7-11-22(21)26/h3-11,16,20H,2,12-15,17-18H2,1H3/t20-/m1/s1. The number of hydrogen-bond acceptors (Lipinski definition) is 4. The number of rotatable bonds is 7. The molecular formula is C25H28ClN3O2. The van der Waals surface area contributed by atoms with E-state index in [1.807, 2.05) is 35.2 Å². The van der Waals surface area contributed by atoms with Gasteiger partial charge in [-0.05, 0) is 24.1 Å². The fourth-order valence-electron chi connectivity index (χ4n) is 4.15. The first kappa shape index (κ1) is 21.6. The molecular weight excluding hydrogens is 410 g/mol. The topological polar surface area (TPSA) is 49.6 Å². The molecule has 1 aromatic heterocycles. The zero-order valence-corrected chi connectivity index (χ0v) is 18.6. The van der Waals surface area contributed by atoms with Crippen molar-refractivity contribution >= 4 is 17.5 Å². The molecule has 1 saturated heterocycles. The van der Waals surface area contributed by atoms with Gasteiger partial charge in [0.15, 0.2) is 11.7 Å². The van der Waals surface area contributed by atoms with Gasteiger partial charge >= 0.3 is 0 Å². The largest absolute Gasteiger partial charge is 0.441 e. The Kier molecular flexibility index (Phi) is 7.05. The molecule has 0 spiro atoms. The molecule has 6 heteroatoms. The summed E-state index contributed by atoms with van der Waals surface area (Å²) in [6.45, 7) is 5.65. The number of oxazole rings is 1. The summed E-state index contributed by atoms with van der Waals surface area (Å²) < 4.78 is 5.85. The highest BCUT2D eigenvalue weighted by atomic mass is 35.5. The Hall–Kier alpha value is -2.63. The van der Waals surface area contributed by atoms with Gasteiger partial charge in [-0.15, -0.1) is 0 Å². The predicted octanol–water partition coefficient (Wildman–Crippen LogP) is 5.05. The van der Waals surface area contributed by atoms with E-state index in [0.29, 0.717) is 29.5 Å². The Morgan fingerprint density at radius 2 is 1.90 bits per heavy atom. The molecule has 0 N–H and O–H groups in total. The number of carbonyl (C=O) groups is 1. The van der Waals surface area contributed by atoms with Crippen LogP contribution >= 0.6 is 11.6 Å². The molecule has 2 aromatic carbocycles. The van der Waals surface area contributed by atoms with E-state index < -0.39 is 0 Å². The molecule has 1 atom stereocenters. The van der Waals surface area contributed by atoms with E-state index in [4.69, 9.17) is 16.0 Å². The molecule has 5 nitrogen and oxygen atoms in total. The summed E-state index contributed by atoms with van der Waals surface area (Å²) in [5, 5.41) is 0.625. The molecule has 31 heavy (non-hydrogen) atoms. The first-order valence-corrected chi connectivity index (χ1v) is 11.3. The molecule has 0 bridgehead atoms. The summed E-state index contributed by atoms with van der Waals surface area (Å²) in [6.07, 6.45) is 3.52. The minimum atomic E-state index is 0.170. The van der Waals surface area contributed by atoms with E-state index >= 15 is 0 Å². The third-order valence-electron chi connectivity index (χ3n) is 5.85. The lowest BCUT2D eigenvalue weighted by molar-refractivity contribution is -0.136. The highest BCUT2D eigenvalue weighted by Crippen LogP contribution is 2.28. The number of carbonyl (C=O) groups excluding carboxylic acids is 1. The summed E-state index contributed by atoms with van der Waals surface area (Å²) in [5.74, 6) is 1.37. The Balaban J connectivity index is 1.32. The average molecular weight is 438 g/mol. The van der Waals surface area contributed by atoms with Crippen molar-refractivity contribution in [2.45, 2.75) is 38.8 Å². The number of piperazine rings is 1. The second-order valence-corrected chi connectivity index (χ2v) is 8.38. The van der Waals surface area contributed by atoms with Crippen molar-refractivity contribution in [1.82, 2.24) is 14.8 Å². The molecule has 1 amide bonds. The SMILES string of the molecule is CC[C@@H]1CN(Cc2ccccc2)CCN1C(=O)CCc1ncc(-c2ccccc2Cl)o1. The van der Waals surface area contributed by atoms with E-state index in [9.17, 15) is 4.79 Å². The van der Waals surface area contributed by atoms with Crippen molar-refractivity contribution < 1.29 is 9.21 Å². The number of amides is 1. The van der Waals surface area contributed by atoms with Crippen LogP contribution in [0, 0.1) is 0 Å². The van der Waals surface area contributed by atoms with Crippen LogP contribution in [0.3, 0.4) is 0 Å². The predicted molar refractivity (Wildman–Crippen MR) is 123 cm³/mol. The van der Waals surface area contributed by atoms with Gasteiger partial charge in [-0.25, -0.2) is 4.98 Å². The number of halogens is 1. The lowest BCUT2D eigenvalue weighted by Crippen LogP contribution is -2.54. The first-order valence-electron chi connectivity index (χ1n) is 10.9. The smallest absolute Gasteiger partial charge is 0.223 e. The van der Waals surface area contributed by atoms with E-state index in [0.717, 1.165) is 38.2 Å². The molecule has 162 valence electrons. The van der Waals surface area contributed by atoms with Crippen molar-refractivity contribution in [3.05, 3.63) is 77.3 Å². The maximum atomic E-state index is 13.0. The average Bonchev–Trinajstić information content (AvgIpc) is 3.27. The number of aromatic nitrogens is 1. The minimum Gasteiger partial charge on any atom is -0.441 e. The van der Waals surface area contributed by atoms with Crippen molar-refractivity contribution in [3.8, 4) is 11.3 Å². The molecule has 3 aromatic rings. The lowest BCUT2D eigenvalue weighted by atomic mass is 10.1. The van der Waals surface area contributed by atoms with Crippen LogP contribution in [0.2, 0.25) is 5.02 Å². The van der Waals surface area contributed by atoms with E-state index in [-0.39, 0.29) is 11.9 Å². The lowest BCUT2D eigenvalue weighted by Gasteiger charge is -2.41. The van der Waals surface area contributed by atoms with Crippen molar-refractivity contribution in [1.29, 1.82) is 0 Å². The van der Waals surface area contributed by atoms with Crippen molar-refractivity contribution in [2.75, 3.05) is 19.6 Å². The molecule has 1 aliphatic heterocycles. The molecule has 1 aliphatic rings. The quantitative estimate of drug-likeness (QED) is 0.519. The van der Waals surface area contributed by atoms with Gasteiger partial charge in [0.2, 0.25) is 5.91 Å². The van der Waals surface area contributed by atoms with Crippen LogP contribution in [-0.4, -0.2) is 46.4 Å². The second kappa shape index (κ2) is 10.1. The number of benzene rings is 2. The van der Waals surface area contributed by atoms with Gasteiger partial charge in [-0.2, -0.15) is 0 Å². The number of aryl methyl sites for hydroxylation is 1. The van der Waals surface area contributed by atoms with Gasteiger partial charge in [-0.3, -0.25) is 9.69 Å². The minimum absolute atomic E-state index is 0.170. The first-order chi connectivity index (χ1) is 15.1. The van der Waals surface area contributed by atoms with Gasteiger partial charge in [0.1, 0.15) is 0 Å². The van der Waals surface area contributed by atoms with Crippen molar-refractivity contribution in [3.63, 3.8) is 0 Å². The van der Waals surface area contributed by atoms with Crippen LogP contribution in [0.15, 0.2) is 65.2 Å². The Bertz CT molecular complexity index is 1000. The highest BCUT2D eigenvalue weighted by molar-refractivity contribution is 6.33. The van der Waals surface area contributed by atoms with Crippen molar-refractivity contribution in [2.24, 2.45) is 0 Å². The van der Waals surface area contributed by atoms with Gasteiger partial charge in [-0.1, -0.05) is 61.0 Å².